The van der Waals surface area contributed by atoms with Crippen LogP contribution in [0.5, 0.6) is 0 Å². The van der Waals surface area contributed by atoms with Crippen molar-refractivity contribution in [2.45, 2.75) is 77.7 Å². The van der Waals surface area contributed by atoms with Gasteiger partial charge in [-0.15, -0.1) is 0 Å². The van der Waals surface area contributed by atoms with Gasteiger partial charge in [-0.25, -0.2) is 9.59 Å². The molecule has 5 amide bonds. The van der Waals surface area contributed by atoms with E-state index in [2.05, 4.69) is 21.3 Å². The summed E-state index contributed by atoms with van der Waals surface area (Å²) in [6, 6.07) is 22.6. The molecule has 0 radical (unpaired) electrons. The van der Waals surface area contributed by atoms with Gasteiger partial charge in [0, 0.05) is 19.3 Å². The topological polar surface area (TPSA) is 129 Å². The van der Waals surface area contributed by atoms with Gasteiger partial charge in [0.25, 0.3) is 0 Å². The van der Waals surface area contributed by atoms with Gasteiger partial charge in [0.15, 0.2) is 0 Å². The molecule has 1 atom stereocenters. The molecule has 0 fully saturated rings. The lowest BCUT2D eigenvalue weighted by molar-refractivity contribution is -0.131. The predicted molar refractivity (Wildman–Crippen MR) is 175 cm³/mol. The number of carbonyl (C=O) groups is 4. The van der Waals surface area contributed by atoms with Gasteiger partial charge >= 0.3 is 12.1 Å². The Bertz CT molecular complexity index is 1540. The Hall–Kier alpha value is -4.86. The van der Waals surface area contributed by atoms with Crippen molar-refractivity contribution in [2.24, 2.45) is 0 Å². The maximum Gasteiger partial charge on any atom is 0.408 e. The van der Waals surface area contributed by atoms with E-state index in [1.807, 2.05) is 72.8 Å². The molecular formula is C35H43N5O5. The van der Waals surface area contributed by atoms with Crippen LogP contribution >= 0.6 is 0 Å². The molecule has 0 unspecified atom stereocenters. The van der Waals surface area contributed by atoms with E-state index in [0.717, 1.165) is 33.5 Å². The molecule has 1 aliphatic rings. The Morgan fingerprint density at radius 1 is 0.911 bits per heavy atom. The fourth-order valence-electron chi connectivity index (χ4n) is 5.16. The molecule has 3 aromatic carbocycles. The minimum atomic E-state index is -1.31. The zero-order valence-electron chi connectivity index (χ0n) is 26.8. The van der Waals surface area contributed by atoms with Crippen LogP contribution < -0.4 is 26.2 Å². The third-order valence-electron chi connectivity index (χ3n) is 7.52. The standard InChI is InChI=1S/C35H43N5O5/c1-34(2,3)45-33(44)39-35(4,5)31(42)38-28-20-19-25-11-8-10-14-29(25)40(30(28)41)22-23-15-17-24(18-16-23)27-13-9-7-12-26(27)21-37-32(43)36-6/h7-18,28H,19-22H2,1-6H3,(H,38,42)(H,39,44)(H2,36,37,43)/t28-/m1/s1. The molecule has 0 saturated heterocycles. The van der Waals surface area contributed by atoms with E-state index in [1.165, 1.54) is 0 Å². The number of aryl methyl sites for hydroxylation is 1. The fraction of sp³-hybridized carbons (Fsp3) is 0.371. The quantitative estimate of drug-likeness (QED) is 0.283. The smallest absolute Gasteiger partial charge is 0.408 e. The van der Waals surface area contributed by atoms with Gasteiger partial charge in [0.2, 0.25) is 11.8 Å². The van der Waals surface area contributed by atoms with E-state index in [-0.39, 0.29) is 11.9 Å². The number of anilines is 1. The Balaban J connectivity index is 1.53. The first kappa shape index (κ1) is 33.0. The first-order valence-electron chi connectivity index (χ1n) is 15.1. The number of urea groups is 1. The first-order chi connectivity index (χ1) is 21.3. The molecule has 10 nitrogen and oxygen atoms in total. The number of fused-ring (bicyclic) bond motifs is 1. The van der Waals surface area contributed by atoms with Crippen molar-refractivity contribution in [1.29, 1.82) is 0 Å². The number of nitrogens with zero attached hydrogens (tertiary/aromatic N) is 1. The highest BCUT2D eigenvalue weighted by atomic mass is 16.6. The number of hydrogen-bond donors (Lipinski definition) is 4. The summed E-state index contributed by atoms with van der Waals surface area (Å²) in [6.07, 6.45) is 0.307. The van der Waals surface area contributed by atoms with E-state index in [4.69, 9.17) is 4.74 Å². The highest BCUT2D eigenvalue weighted by Gasteiger charge is 2.37. The number of rotatable bonds is 8. The molecule has 3 aromatic rings. The summed E-state index contributed by atoms with van der Waals surface area (Å²) < 4.78 is 5.33. The number of para-hydroxylation sites is 1. The number of alkyl carbamates (subject to hydrolysis) is 1. The molecule has 1 heterocycles. The van der Waals surface area contributed by atoms with E-state index in [9.17, 15) is 19.2 Å². The van der Waals surface area contributed by atoms with Gasteiger partial charge in [-0.3, -0.25) is 9.59 Å². The van der Waals surface area contributed by atoms with E-state index in [0.29, 0.717) is 25.9 Å². The number of carbonyl (C=O) groups excluding carboxylic acids is 4. The third-order valence-corrected chi connectivity index (χ3v) is 7.52. The molecule has 0 saturated carbocycles. The Morgan fingerprint density at radius 3 is 2.27 bits per heavy atom. The van der Waals surface area contributed by atoms with Crippen LogP contribution in [0.4, 0.5) is 15.3 Å². The van der Waals surface area contributed by atoms with E-state index in [1.54, 1.807) is 46.6 Å². The van der Waals surface area contributed by atoms with Crippen LogP contribution in [-0.2, 0) is 33.8 Å². The van der Waals surface area contributed by atoms with Crippen molar-refractivity contribution in [3.05, 3.63) is 89.5 Å². The van der Waals surface area contributed by atoms with Gasteiger partial charge in [0.05, 0.1) is 6.54 Å². The van der Waals surface area contributed by atoms with Gasteiger partial charge in [-0.05, 0) is 81.3 Å². The van der Waals surface area contributed by atoms with Crippen LogP contribution in [0, 0.1) is 0 Å². The lowest BCUT2D eigenvalue weighted by Gasteiger charge is -2.31. The molecule has 4 N–H and O–H groups in total. The van der Waals surface area contributed by atoms with Crippen LogP contribution in [0.1, 0.15) is 57.7 Å². The average molecular weight is 614 g/mol. The molecule has 0 bridgehead atoms. The maximum absolute atomic E-state index is 14.0. The molecular weight excluding hydrogens is 570 g/mol. The van der Waals surface area contributed by atoms with Crippen LogP contribution in [0.2, 0.25) is 0 Å². The number of benzene rings is 3. The first-order valence-corrected chi connectivity index (χ1v) is 15.1. The molecule has 4 rings (SSSR count). The van der Waals surface area contributed by atoms with Crippen molar-refractivity contribution in [1.82, 2.24) is 21.3 Å². The van der Waals surface area contributed by atoms with Crippen molar-refractivity contribution in [3.63, 3.8) is 0 Å². The van der Waals surface area contributed by atoms with Crippen molar-refractivity contribution < 1.29 is 23.9 Å². The molecule has 0 aliphatic carbocycles. The molecule has 10 heteroatoms. The largest absolute Gasteiger partial charge is 0.444 e. The maximum atomic E-state index is 14.0. The number of hydrogen-bond acceptors (Lipinski definition) is 5. The summed E-state index contributed by atoms with van der Waals surface area (Å²) >= 11 is 0. The second-order valence-electron chi connectivity index (χ2n) is 12.7. The summed E-state index contributed by atoms with van der Waals surface area (Å²) in [6.45, 7) is 9.08. The number of nitrogens with one attached hydrogen (secondary N) is 4. The van der Waals surface area contributed by atoms with E-state index < -0.39 is 29.2 Å². The van der Waals surface area contributed by atoms with Crippen molar-refractivity contribution in [3.8, 4) is 11.1 Å². The summed E-state index contributed by atoms with van der Waals surface area (Å²) in [5.74, 6) is -0.706. The van der Waals surface area contributed by atoms with Crippen LogP contribution in [-0.4, -0.2) is 48.2 Å². The monoisotopic (exact) mass is 613 g/mol. The van der Waals surface area contributed by atoms with Gasteiger partial charge in [0.1, 0.15) is 17.2 Å². The van der Waals surface area contributed by atoms with Gasteiger partial charge in [-0.2, -0.15) is 0 Å². The van der Waals surface area contributed by atoms with Crippen molar-refractivity contribution in [2.75, 3.05) is 11.9 Å². The third kappa shape index (κ3) is 8.62. The Labute approximate surface area is 264 Å². The molecule has 0 spiro atoms. The Kier molecular flexibility index (Phi) is 10.2. The second-order valence-corrected chi connectivity index (χ2v) is 12.7. The van der Waals surface area contributed by atoms with Crippen LogP contribution in [0.3, 0.4) is 0 Å². The minimum Gasteiger partial charge on any atom is -0.444 e. The van der Waals surface area contributed by atoms with Crippen LogP contribution in [0.15, 0.2) is 72.8 Å². The zero-order chi connectivity index (χ0) is 32.8. The Morgan fingerprint density at radius 2 is 1.58 bits per heavy atom. The highest BCUT2D eigenvalue weighted by Crippen LogP contribution is 2.30. The normalized spacial score (nSPS) is 14.9. The predicted octanol–water partition coefficient (Wildman–Crippen LogP) is 5.05. The fourth-order valence-corrected chi connectivity index (χ4v) is 5.16. The lowest BCUT2D eigenvalue weighted by atomic mass is 9.98. The number of amides is 5. The van der Waals surface area contributed by atoms with Crippen molar-refractivity contribution >= 4 is 29.6 Å². The summed E-state index contributed by atoms with van der Waals surface area (Å²) in [5.41, 5.74) is 3.68. The second kappa shape index (κ2) is 13.8. The minimum absolute atomic E-state index is 0.226. The molecule has 1 aliphatic heterocycles. The molecule has 238 valence electrons. The number of ether oxygens (including phenoxy) is 1. The average Bonchev–Trinajstić information content (AvgIpc) is 3.11. The SMILES string of the molecule is CNC(=O)NCc1ccccc1-c1ccc(CN2C(=O)[C@H](NC(=O)C(C)(C)NC(=O)OC(C)(C)C)CCc3ccccc32)cc1. The lowest BCUT2D eigenvalue weighted by Crippen LogP contribution is -2.59. The highest BCUT2D eigenvalue weighted by molar-refractivity contribution is 6.01. The van der Waals surface area contributed by atoms with Gasteiger partial charge < -0.3 is 30.9 Å². The molecule has 45 heavy (non-hydrogen) atoms. The van der Waals surface area contributed by atoms with Gasteiger partial charge in [-0.1, -0.05) is 66.7 Å². The summed E-state index contributed by atoms with van der Waals surface area (Å²) in [4.78, 5) is 53.2. The summed E-state index contributed by atoms with van der Waals surface area (Å²) in [7, 11) is 1.58. The molecule has 0 aromatic heterocycles. The summed E-state index contributed by atoms with van der Waals surface area (Å²) in [5, 5.41) is 10.9. The van der Waals surface area contributed by atoms with Crippen LogP contribution in [0.25, 0.3) is 11.1 Å². The van der Waals surface area contributed by atoms with E-state index >= 15 is 0 Å². The zero-order valence-corrected chi connectivity index (χ0v) is 26.8.